The van der Waals surface area contributed by atoms with E-state index in [2.05, 4.69) is 72.7 Å². The first-order valence-electron chi connectivity index (χ1n) is 7.58. The first-order valence-corrected chi connectivity index (χ1v) is 7.58. The molecule has 1 nitrogen and oxygen atoms in total. The summed E-state index contributed by atoms with van der Waals surface area (Å²) in [7, 11) is 0. The van der Waals surface area contributed by atoms with Crippen LogP contribution in [0.15, 0.2) is 23.8 Å². The Labute approximate surface area is 172 Å². The van der Waals surface area contributed by atoms with Crippen molar-refractivity contribution in [3.63, 3.8) is 0 Å². The van der Waals surface area contributed by atoms with E-state index in [0.717, 1.165) is 0 Å². The van der Waals surface area contributed by atoms with Crippen molar-refractivity contribution < 1.29 is 25.8 Å². The van der Waals surface area contributed by atoms with Gasteiger partial charge in [0.1, 0.15) is 0 Å². The Morgan fingerprint density at radius 1 is 0.958 bits per heavy atom. The van der Waals surface area contributed by atoms with Crippen molar-refractivity contribution in [2.24, 2.45) is 0 Å². The summed E-state index contributed by atoms with van der Waals surface area (Å²) in [6.45, 7) is 17.3. The Morgan fingerprint density at radius 2 is 1.33 bits per heavy atom. The van der Waals surface area contributed by atoms with Gasteiger partial charge < -0.3 is 33.7 Å². The van der Waals surface area contributed by atoms with Crippen LogP contribution in [0, 0.1) is 28.4 Å². The summed E-state index contributed by atoms with van der Waals surface area (Å²) in [5, 5.41) is 5.10. The molecule has 0 unspecified atom stereocenters. The topological polar surface area (TPSA) is 14.1 Å². The molecule has 24 heavy (non-hydrogen) atoms. The second-order valence-electron chi connectivity index (χ2n) is 6.64. The van der Waals surface area contributed by atoms with Crippen LogP contribution in [-0.4, -0.2) is 5.54 Å². The molecule has 0 bridgehead atoms. The molecule has 0 spiro atoms. The largest absolute Gasteiger partial charge is 0.678 e. The minimum Gasteiger partial charge on any atom is -0.678 e. The third-order valence-electron chi connectivity index (χ3n) is 4.03. The molecule has 0 aliphatic carbocycles. The Balaban J connectivity index is -0.000000500. The Hall–Kier alpha value is -0.370. The van der Waals surface area contributed by atoms with Gasteiger partial charge in [-0.2, -0.15) is 6.92 Å². The molecule has 0 atom stereocenters. The van der Waals surface area contributed by atoms with Crippen LogP contribution in [0.4, 0.5) is 5.69 Å². The van der Waals surface area contributed by atoms with Crippen LogP contribution in [0.1, 0.15) is 78.4 Å². The molecular formula is C22H38HfN-5. The van der Waals surface area contributed by atoms with Crippen LogP contribution in [0.5, 0.6) is 0 Å². The predicted molar refractivity (Wildman–Crippen MR) is 109 cm³/mol. The van der Waals surface area contributed by atoms with Gasteiger partial charge in [-0.1, -0.05) is 77.8 Å². The fourth-order valence-electron chi connectivity index (χ4n) is 2.31. The number of allylic oxidation sites excluding steroid dienone is 1. The van der Waals surface area contributed by atoms with Crippen molar-refractivity contribution in [2.75, 3.05) is 0 Å². The third kappa shape index (κ3) is 7.68. The number of hydrogen-bond acceptors (Lipinski definition) is 0. The Kier molecular flexibility index (Phi) is 16.9. The summed E-state index contributed by atoms with van der Waals surface area (Å²) in [5.74, 6) is 0.969. The van der Waals surface area contributed by atoms with Gasteiger partial charge in [-0.3, -0.25) is 5.57 Å². The standard InChI is InChI=1S/C19H29N.3CH3.Hf/c1-9-15(6)19(7,8)20-18-16(13(2)3)11-10-12-17(18)14(4)5;;;;/h10-14H,1-8H3;3*1H3;/q-2;3*-1;. The Morgan fingerprint density at radius 3 is 1.62 bits per heavy atom. The summed E-state index contributed by atoms with van der Waals surface area (Å²) in [5.41, 5.74) is 4.84. The molecule has 1 rings (SSSR count). The van der Waals surface area contributed by atoms with Crippen LogP contribution in [0.3, 0.4) is 0 Å². The van der Waals surface area contributed by atoms with Crippen molar-refractivity contribution in [2.45, 2.75) is 72.8 Å². The molecule has 0 aromatic heterocycles. The van der Waals surface area contributed by atoms with E-state index in [1.165, 1.54) is 22.4 Å². The van der Waals surface area contributed by atoms with Gasteiger partial charge in [0.2, 0.25) is 0 Å². The summed E-state index contributed by atoms with van der Waals surface area (Å²) in [6.07, 6.45) is 3.25. The van der Waals surface area contributed by atoms with Crippen molar-refractivity contribution in [1.82, 2.24) is 0 Å². The van der Waals surface area contributed by atoms with Crippen LogP contribution in [0.25, 0.3) is 5.32 Å². The van der Waals surface area contributed by atoms with Gasteiger partial charge in [0.25, 0.3) is 0 Å². The number of para-hydroxylation sites is 1. The molecule has 0 saturated heterocycles. The molecule has 0 radical (unpaired) electrons. The first-order chi connectivity index (χ1) is 9.20. The number of hydrogen-bond donors (Lipinski definition) is 0. The van der Waals surface area contributed by atoms with Crippen LogP contribution in [-0.2, 0) is 25.8 Å². The van der Waals surface area contributed by atoms with Crippen LogP contribution in [0.2, 0.25) is 0 Å². The van der Waals surface area contributed by atoms with E-state index in [0.29, 0.717) is 11.8 Å². The molecule has 2 heteroatoms. The number of benzene rings is 1. The monoisotopic (exact) mass is 496 g/mol. The van der Waals surface area contributed by atoms with Crippen molar-refractivity contribution >= 4 is 5.69 Å². The number of rotatable bonds is 5. The molecular weight excluding hydrogens is 457 g/mol. The minimum absolute atomic E-state index is 0. The smallest absolute Gasteiger partial charge is 0 e. The molecule has 0 heterocycles. The minimum atomic E-state index is -0.205. The van der Waals surface area contributed by atoms with Gasteiger partial charge in [0, 0.05) is 25.8 Å². The van der Waals surface area contributed by atoms with Gasteiger partial charge in [0.15, 0.2) is 0 Å². The second kappa shape index (κ2) is 12.9. The third-order valence-corrected chi connectivity index (χ3v) is 4.03. The van der Waals surface area contributed by atoms with Gasteiger partial charge in [-0.25, -0.2) is 0 Å². The maximum Gasteiger partial charge on any atom is 0 e. The van der Waals surface area contributed by atoms with Gasteiger partial charge >= 0.3 is 0 Å². The predicted octanol–water partition coefficient (Wildman–Crippen LogP) is 7.83. The van der Waals surface area contributed by atoms with Crippen molar-refractivity contribution in [1.29, 1.82) is 0 Å². The zero-order valence-electron chi connectivity index (χ0n) is 17.8. The fraction of sp³-hybridized carbons (Fsp3) is 0.500. The molecule has 0 aliphatic rings. The fourth-order valence-corrected chi connectivity index (χ4v) is 2.31. The van der Waals surface area contributed by atoms with Gasteiger partial charge in [-0.05, 0) is 11.8 Å². The van der Waals surface area contributed by atoms with E-state index in [9.17, 15) is 0 Å². The van der Waals surface area contributed by atoms with E-state index in [1.807, 2.05) is 6.92 Å². The summed E-state index contributed by atoms with van der Waals surface area (Å²) < 4.78 is 0. The summed E-state index contributed by atoms with van der Waals surface area (Å²) >= 11 is 0. The van der Waals surface area contributed by atoms with Crippen molar-refractivity contribution in [3.8, 4) is 0 Å². The maximum atomic E-state index is 5.10. The average molecular weight is 495 g/mol. The molecule has 140 valence electrons. The SMILES string of the molecule is C[C-]=C(C)C(C)(C)[N-]c1c(C(C)C)cccc1C(C)C.[CH3-].[CH3-].[CH3-].[Hf]. The molecule has 0 N–H and O–H groups in total. The van der Waals surface area contributed by atoms with Crippen LogP contribution >= 0.6 is 0 Å². The van der Waals surface area contributed by atoms with E-state index < -0.39 is 0 Å². The maximum absolute atomic E-state index is 5.10. The van der Waals surface area contributed by atoms with E-state index >= 15 is 0 Å². The summed E-state index contributed by atoms with van der Waals surface area (Å²) in [4.78, 5) is 0. The normalized spacial score (nSPS) is 11.0. The first kappa shape index (κ1) is 31.4. The van der Waals surface area contributed by atoms with E-state index in [4.69, 9.17) is 5.32 Å². The van der Waals surface area contributed by atoms with Crippen molar-refractivity contribution in [3.05, 3.63) is 68.6 Å². The molecule has 0 fully saturated rings. The zero-order chi connectivity index (χ0) is 15.5. The van der Waals surface area contributed by atoms with Gasteiger partial charge in [-0.15, -0.1) is 11.2 Å². The Bertz CT molecular complexity index is 458. The average Bonchev–Trinajstić information content (AvgIpc) is 2.36. The van der Waals surface area contributed by atoms with E-state index in [1.54, 1.807) is 0 Å². The zero-order valence-corrected chi connectivity index (χ0v) is 21.4. The van der Waals surface area contributed by atoms with E-state index in [-0.39, 0.29) is 53.7 Å². The molecule has 0 aliphatic heterocycles. The second-order valence-corrected chi connectivity index (χ2v) is 6.64. The van der Waals surface area contributed by atoms with Gasteiger partial charge in [0.05, 0.1) is 0 Å². The number of nitrogens with zero attached hydrogens (tertiary/aromatic N) is 1. The molecule has 0 saturated carbocycles. The van der Waals surface area contributed by atoms with Crippen LogP contribution < -0.4 is 0 Å². The molecule has 1 aromatic carbocycles. The summed E-state index contributed by atoms with van der Waals surface area (Å²) in [6, 6.07) is 6.58. The molecule has 1 aromatic rings. The molecule has 0 amide bonds. The quantitative estimate of drug-likeness (QED) is 0.292.